The van der Waals surface area contributed by atoms with Crippen LogP contribution in [0.3, 0.4) is 0 Å². The van der Waals surface area contributed by atoms with Gasteiger partial charge < -0.3 is 9.64 Å². The molecule has 0 aromatic heterocycles. The van der Waals surface area contributed by atoms with Gasteiger partial charge in [-0.15, -0.1) is 0 Å². The summed E-state index contributed by atoms with van der Waals surface area (Å²) in [6.07, 6.45) is -3.30. The third-order valence-electron chi connectivity index (χ3n) is 5.76. The van der Waals surface area contributed by atoms with Crippen molar-refractivity contribution in [2.24, 2.45) is 0 Å². The predicted molar refractivity (Wildman–Crippen MR) is 105 cm³/mol. The van der Waals surface area contributed by atoms with Crippen LogP contribution in [0.1, 0.15) is 51.1 Å². The van der Waals surface area contributed by atoms with Crippen molar-refractivity contribution in [3.05, 3.63) is 63.7 Å². The molecule has 1 spiro atoms. The molecule has 4 nitrogen and oxygen atoms in total. The summed E-state index contributed by atoms with van der Waals surface area (Å²) in [7, 11) is 0. The number of fused-ring (bicyclic) bond motifs is 1. The number of aryl methyl sites for hydroxylation is 1. The first kappa shape index (κ1) is 20.7. The summed E-state index contributed by atoms with van der Waals surface area (Å²) in [6, 6.07) is 7.57. The minimum absolute atomic E-state index is 0.0376. The lowest BCUT2D eigenvalue weighted by Crippen LogP contribution is -2.52. The molecular weight excluding hydrogens is 419 g/mol. The number of piperidine rings is 1. The molecule has 2 aliphatic rings. The van der Waals surface area contributed by atoms with E-state index in [1.807, 2.05) is 6.92 Å². The highest BCUT2D eigenvalue weighted by Crippen LogP contribution is 2.42. The van der Waals surface area contributed by atoms with E-state index in [1.54, 1.807) is 17.0 Å². The average molecular weight is 438 g/mol. The van der Waals surface area contributed by atoms with Gasteiger partial charge in [0.2, 0.25) is 0 Å². The molecule has 2 aromatic rings. The lowest BCUT2D eigenvalue weighted by Gasteiger charge is -2.44. The van der Waals surface area contributed by atoms with Crippen LogP contribution in [0.15, 0.2) is 36.4 Å². The van der Waals surface area contributed by atoms with E-state index in [1.165, 1.54) is 12.1 Å². The Balaban J connectivity index is 1.47. The third-order valence-corrected chi connectivity index (χ3v) is 5.98. The van der Waals surface area contributed by atoms with Crippen LogP contribution in [0.5, 0.6) is 5.75 Å². The molecule has 1 amide bonds. The van der Waals surface area contributed by atoms with E-state index < -0.39 is 17.3 Å². The first-order valence-electron chi connectivity index (χ1n) is 9.57. The standard InChI is InChI=1S/C22H19ClF3NO3/c1-13-10-16(23)11-17-18(28)12-21(30-19(13)17)6-8-27(9-7-21)20(29)14-2-4-15(5-3-14)22(24,25)26/h2-5,10-11H,6-9,12H2,1H3. The fraction of sp³-hybridized carbons (Fsp3) is 0.364. The first-order valence-corrected chi connectivity index (χ1v) is 9.95. The zero-order valence-corrected chi connectivity index (χ0v) is 16.9. The molecule has 2 aromatic carbocycles. The molecule has 2 heterocycles. The van der Waals surface area contributed by atoms with E-state index in [4.69, 9.17) is 16.3 Å². The topological polar surface area (TPSA) is 46.6 Å². The van der Waals surface area contributed by atoms with Crippen LogP contribution >= 0.6 is 11.6 Å². The Kier molecular flexibility index (Phi) is 5.04. The second-order valence-corrected chi connectivity index (χ2v) is 8.29. The number of nitrogens with zero attached hydrogens (tertiary/aromatic N) is 1. The van der Waals surface area contributed by atoms with Gasteiger partial charge in [-0.3, -0.25) is 9.59 Å². The summed E-state index contributed by atoms with van der Waals surface area (Å²) in [5.74, 6) is 0.173. The van der Waals surface area contributed by atoms with Crippen molar-refractivity contribution in [3.8, 4) is 5.75 Å². The van der Waals surface area contributed by atoms with Crippen molar-refractivity contribution in [1.29, 1.82) is 0 Å². The Morgan fingerprint density at radius 1 is 1.13 bits per heavy atom. The fourth-order valence-electron chi connectivity index (χ4n) is 4.09. The number of ether oxygens (including phenoxy) is 1. The van der Waals surface area contributed by atoms with Crippen molar-refractivity contribution in [3.63, 3.8) is 0 Å². The maximum Gasteiger partial charge on any atom is 0.416 e. The van der Waals surface area contributed by atoms with Crippen LogP contribution in [0.4, 0.5) is 13.2 Å². The van der Waals surface area contributed by atoms with E-state index in [-0.39, 0.29) is 23.7 Å². The van der Waals surface area contributed by atoms with Crippen molar-refractivity contribution in [1.82, 2.24) is 4.90 Å². The minimum atomic E-state index is -4.44. The number of carbonyl (C=O) groups excluding carboxylic acids is 2. The van der Waals surface area contributed by atoms with Crippen LogP contribution in [-0.2, 0) is 6.18 Å². The summed E-state index contributed by atoms with van der Waals surface area (Å²) in [6.45, 7) is 2.55. The molecule has 2 aliphatic heterocycles. The quantitative estimate of drug-likeness (QED) is 0.607. The molecule has 1 fully saturated rings. The number of likely N-dealkylation sites (tertiary alicyclic amines) is 1. The number of hydrogen-bond donors (Lipinski definition) is 0. The van der Waals surface area contributed by atoms with Gasteiger partial charge in [0.25, 0.3) is 5.91 Å². The van der Waals surface area contributed by atoms with Crippen LogP contribution in [0.2, 0.25) is 5.02 Å². The van der Waals surface area contributed by atoms with E-state index >= 15 is 0 Å². The van der Waals surface area contributed by atoms with E-state index in [2.05, 4.69) is 0 Å². The molecule has 158 valence electrons. The highest BCUT2D eigenvalue weighted by molar-refractivity contribution is 6.31. The molecule has 30 heavy (non-hydrogen) atoms. The first-order chi connectivity index (χ1) is 14.1. The number of amides is 1. The second kappa shape index (κ2) is 7.30. The lowest BCUT2D eigenvalue weighted by molar-refractivity contribution is -0.137. The molecule has 4 rings (SSSR count). The van der Waals surface area contributed by atoms with Crippen LogP contribution < -0.4 is 4.74 Å². The molecule has 8 heteroatoms. The van der Waals surface area contributed by atoms with Crippen LogP contribution in [-0.4, -0.2) is 35.3 Å². The average Bonchev–Trinajstić information content (AvgIpc) is 2.69. The molecule has 1 saturated heterocycles. The Morgan fingerprint density at radius 3 is 2.37 bits per heavy atom. The molecule has 0 unspecified atom stereocenters. The summed E-state index contributed by atoms with van der Waals surface area (Å²) >= 11 is 6.06. The Bertz CT molecular complexity index is 1010. The Labute approximate surface area is 176 Å². The Hall–Kier alpha value is -2.54. The van der Waals surface area contributed by atoms with Crippen molar-refractivity contribution in [2.45, 2.75) is 38.0 Å². The largest absolute Gasteiger partial charge is 0.486 e. The highest BCUT2D eigenvalue weighted by Gasteiger charge is 2.44. The van der Waals surface area contributed by atoms with Crippen LogP contribution in [0.25, 0.3) is 0 Å². The summed E-state index contributed by atoms with van der Waals surface area (Å²) < 4.78 is 44.4. The molecule has 0 saturated carbocycles. The molecule has 0 atom stereocenters. The van der Waals surface area contributed by atoms with E-state index in [0.717, 1.165) is 17.7 Å². The maximum atomic E-state index is 12.7. The number of hydrogen-bond acceptors (Lipinski definition) is 3. The van der Waals surface area contributed by atoms with Gasteiger partial charge in [-0.25, -0.2) is 0 Å². The minimum Gasteiger partial charge on any atom is -0.486 e. The summed E-state index contributed by atoms with van der Waals surface area (Å²) in [5, 5.41) is 0.483. The maximum absolute atomic E-state index is 12.7. The number of alkyl halides is 3. The number of carbonyl (C=O) groups is 2. The number of benzene rings is 2. The number of halogens is 4. The van der Waals surface area contributed by atoms with E-state index in [0.29, 0.717) is 42.3 Å². The van der Waals surface area contributed by atoms with Crippen LogP contribution in [0, 0.1) is 6.92 Å². The predicted octanol–water partition coefficient (Wildman–Crippen LogP) is 5.31. The number of rotatable bonds is 1. The van der Waals surface area contributed by atoms with Gasteiger partial charge in [0.15, 0.2) is 5.78 Å². The van der Waals surface area contributed by atoms with Gasteiger partial charge >= 0.3 is 6.18 Å². The Morgan fingerprint density at radius 2 is 1.77 bits per heavy atom. The van der Waals surface area contributed by atoms with Gasteiger partial charge in [-0.1, -0.05) is 11.6 Å². The number of Topliss-reactive ketones (excluding diaryl/α,β-unsaturated/α-hetero) is 1. The van der Waals surface area contributed by atoms with Gasteiger partial charge in [-0.05, 0) is 48.9 Å². The van der Waals surface area contributed by atoms with Crippen molar-refractivity contribution >= 4 is 23.3 Å². The molecule has 0 bridgehead atoms. The highest BCUT2D eigenvalue weighted by atomic mass is 35.5. The fourth-order valence-corrected chi connectivity index (χ4v) is 4.37. The molecular formula is C22H19ClF3NO3. The second-order valence-electron chi connectivity index (χ2n) is 7.85. The summed E-state index contributed by atoms with van der Waals surface area (Å²) in [4.78, 5) is 27.0. The van der Waals surface area contributed by atoms with Crippen molar-refractivity contribution in [2.75, 3.05) is 13.1 Å². The van der Waals surface area contributed by atoms with Gasteiger partial charge in [0.1, 0.15) is 11.4 Å². The monoisotopic (exact) mass is 437 g/mol. The SMILES string of the molecule is Cc1cc(Cl)cc2c1OC1(CCN(C(=O)c3ccc(C(F)(F)F)cc3)CC1)CC2=O. The van der Waals surface area contributed by atoms with Gasteiger partial charge in [0, 0.05) is 36.5 Å². The van der Waals surface area contributed by atoms with Crippen molar-refractivity contribution < 1.29 is 27.5 Å². The summed E-state index contributed by atoms with van der Waals surface area (Å²) in [5.41, 5.74) is -0.00281. The molecule has 0 aliphatic carbocycles. The normalized spacial score (nSPS) is 18.2. The zero-order chi connectivity index (χ0) is 21.7. The van der Waals surface area contributed by atoms with Gasteiger partial charge in [-0.2, -0.15) is 13.2 Å². The molecule has 0 radical (unpaired) electrons. The lowest BCUT2D eigenvalue weighted by atomic mass is 9.82. The van der Waals surface area contributed by atoms with Gasteiger partial charge in [0.05, 0.1) is 17.5 Å². The zero-order valence-electron chi connectivity index (χ0n) is 16.2. The third kappa shape index (κ3) is 3.78. The molecule has 0 N–H and O–H groups in total. The smallest absolute Gasteiger partial charge is 0.416 e. The van der Waals surface area contributed by atoms with E-state index in [9.17, 15) is 22.8 Å². The number of ketones is 1.